The molecule has 1 unspecified atom stereocenters. The molecule has 3 rings (SSSR count). The number of nitrogens with two attached hydrogens (primary N) is 1. The lowest BCUT2D eigenvalue weighted by Gasteiger charge is -2.23. The van der Waals surface area contributed by atoms with Gasteiger partial charge in [-0.05, 0) is 25.0 Å². The summed E-state index contributed by atoms with van der Waals surface area (Å²) in [4.78, 5) is 2.28. The lowest BCUT2D eigenvalue weighted by molar-refractivity contribution is 0.379. The molecule has 0 radical (unpaired) electrons. The zero-order chi connectivity index (χ0) is 15.1. The van der Waals surface area contributed by atoms with E-state index in [0.29, 0.717) is 11.5 Å². The summed E-state index contributed by atoms with van der Waals surface area (Å²) in [5, 5.41) is 16.7. The van der Waals surface area contributed by atoms with Crippen LogP contribution in [0.15, 0.2) is 23.6 Å². The molecule has 0 saturated heterocycles. The maximum atomic E-state index is 9.50. The number of hydrogen-bond acceptors (Lipinski definition) is 5. The van der Waals surface area contributed by atoms with E-state index < -0.39 is 0 Å². The van der Waals surface area contributed by atoms with Crippen molar-refractivity contribution in [2.45, 2.75) is 32.6 Å². The van der Waals surface area contributed by atoms with Crippen molar-refractivity contribution in [2.75, 3.05) is 0 Å². The molecule has 0 spiro atoms. The monoisotopic (exact) mass is 300 g/mol. The number of hydrogen-bond donors (Lipinski definition) is 2. The summed E-state index contributed by atoms with van der Waals surface area (Å²) in [6, 6.07) is 6.30. The molecule has 0 aromatic carbocycles. The van der Waals surface area contributed by atoms with Crippen molar-refractivity contribution in [3.8, 4) is 11.9 Å². The van der Waals surface area contributed by atoms with Crippen LogP contribution in [-0.2, 0) is 0 Å². The van der Waals surface area contributed by atoms with Crippen LogP contribution in [0, 0.1) is 18.3 Å². The molecule has 0 fully saturated rings. The summed E-state index contributed by atoms with van der Waals surface area (Å²) in [5.74, 6) is 0.676. The Morgan fingerprint density at radius 2 is 2.24 bits per heavy atom. The summed E-state index contributed by atoms with van der Waals surface area (Å²) in [5.41, 5.74) is 8.28. The van der Waals surface area contributed by atoms with Crippen LogP contribution >= 0.6 is 11.3 Å². The number of aryl methyl sites for hydroxylation is 1. The van der Waals surface area contributed by atoms with Gasteiger partial charge in [0.2, 0.25) is 11.8 Å². The van der Waals surface area contributed by atoms with Gasteiger partial charge in [0.05, 0.1) is 11.5 Å². The molecule has 6 heteroatoms. The van der Waals surface area contributed by atoms with Gasteiger partial charge in [-0.15, -0.1) is 16.4 Å². The fraction of sp³-hybridized carbons (Fsp3) is 0.333. The number of H-pyrrole nitrogens is 1. The fourth-order valence-corrected chi connectivity index (χ4v) is 3.60. The molecule has 21 heavy (non-hydrogen) atoms. The first-order valence-electron chi connectivity index (χ1n) is 6.75. The molecule has 1 atom stereocenters. The smallest absolute Gasteiger partial charge is 0.244 e. The largest absolute Gasteiger partial charge is 0.420 e. The van der Waals surface area contributed by atoms with Crippen LogP contribution in [-0.4, -0.2) is 10.2 Å². The van der Waals surface area contributed by atoms with Crippen molar-refractivity contribution in [3.05, 3.63) is 44.6 Å². The van der Waals surface area contributed by atoms with Crippen LogP contribution in [0.4, 0.5) is 0 Å². The van der Waals surface area contributed by atoms with Gasteiger partial charge >= 0.3 is 0 Å². The van der Waals surface area contributed by atoms with Gasteiger partial charge in [0.15, 0.2) is 0 Å². The number of nitrogens with one attached hydrogen (secondary N) is 1. The first-order chi connectivity index (χ1) is 10.0. The van der Waals surface area contributed by atoms with Gasteiger partial charge in [-0.1, -0.05) is 13.8 Å². The third-order valence-corrected chi connectivity index (χ3v) is 4.66. The Balaban J connectivity index is 2.24. The third kappa shape index (κ3) is 2.10. The molecule has 1 aliphatic rings. The molecule has 0 aliphatic carbocycles. The van der Waals surface area contributed by atoms with E-state index in [1.54, 1.807) is 11.3 Å². The average Bonchev–Trinajstić information content (AvgIpc) is 3.03. The molecule has 0 amide bonds. The highest BCUT2D eigenvalue weighted by atomic mass is 32.1. The van der Waals surface area contributed by atoms with Crippen LogP contribution in [0.25, 0.3) is 0 Å². The van der Waals surface area contributed by atoms with Crippen LogP contribution in [0.5, 0.6) is 5.88 Å². The van der Waals surface area contributed by atoms with E-state index >= 15 is 0 Å². The van der Waals surface area contributed by atoms with Gasteiger partial charge < -0.3 is 10.5 Å². The normalized spacial score (nSPS) is 17.6. The van der Waals surface area contributed by atoms with Gasteiger partial charge in [0.25, 0.3) is 0 Å². The van der Waals surface area contributed by atoms with E-state index in [9.17, 15) is 5.26 Å². The number of thiophene rings is 1. The number of rotatable bonds is 2. The SMILES string of the molecule is Cc1ccc(C2C(C#N)=C(N)Oc3n[nH]c(C(C)C)c32)s1. The van der Waals surface area contributed by atoms with Crippen LogP contribution in [0.1, 0.15) is 46.7 Å². The average molecular weight is 300 g/mol. The number of nitrogens with zero attached hydrogens (tertiary/aromatic N) is 2. The van der Waals surface area contributed by atoms with Gasteiger partial charge in [0.1, 0.15) is 11.6 Å². The zero-order valence-corrected chi connectivity index (χ0v) is 12.9. The van der Waals surface area contributed by atoms with Crippen molar-refractivity contribution >= 4 is 11.3 Å². The molecule has 2 aromatic rings. The Morgan fingerprint density at radius 1 is 1.48 bits per heavy atom. The van der Waals surface area contributed by atoms with E-state index in [2.05, 4.69) is 36.2 Å². The highest BCUT2D eigenvalue weighted by Crippen LogP contribution is 2.46. The summed E-state index contributed by atoms with van der Waals surface area (Å²) < 4.78 is 5.52. The molecular weight excluding hydrogens is 284 g/mol. The van der Waals surface area contributed by atoms with Crippen LogP contribution in [0.3, 0.4) is 0 Å². The van der Waals surface area contributed by atoms with E-state index in [0.717, 1.165) is 16.1 Å². The van der Waals surface area contributed by atoms with Crippen molar-refractivity contribution in [2.24, 2.45) is 5.73 Å². The molecular formula is C15H16N4OS. The molecule has 0 bridgehead atoms. The first kappa shape index (κ1) is 13.7. The quantitative estimate of drug-likeness (QED) is 0.892. The van der Waals surface area contributed by atoms with E-state index in [1.807, 2.05) is 13.0 Å². The third-order valence-electron chi connectivity index (χ3n) is 3.59. The number of nitriles is 1. The minimum Gasteiger partial charge on any atom is -0.420 e. The van der Waals surface area contributed by atoms with Crippen LogP contribution < -0.4 is 10.5 Å². The van der Waals surface area contributed by atoms with Crippen molar-refractivity contribution in [3.63, 3.8) is 0 Å². The van der Waals surface area contributed by atoms with Crippen molar-refractivity contribution < 1.29 is 4.74 Å². The highest BCUT2D eigenvalue weighted by Gasteiger charge is 2.36. The van der Waals surface area contributed by atoms with Gasteiger partial charge in [-0.2, -0.15) is 5.26 Å². The Kier molecular flexibility index (Phi) is 3.22. The molecule has 1 aliphatic heterocycles. The second-order valence-electron chi connectivity index (χ2n) is 5.38. The highest BCUT2D eigenvalue weighted by molar-refractivity contribution is 7.12. The number of aromatic nitrogens is 2. The predicted octanol–water partition coefficient (Wildman–Crippen LogP) is 3.12. The first-order valence-corrected chi connectivity index (χ1v) is 7.56. The topological polar surface area (TPSA) is 87.7 Å². The maximum absolute atomic E-state index is 9.50. The van der Waals surface area contributed by atoms with E-state index in [-0.39, 0.29) is 17.7 Å². The molecule has 3 N–H and O–H groups in total. The van der Waals surface area contributed by atoms with Gasteiger partial charge in [-0.25, -0.2) is 0 Å². The zero-order valence-electron chi connectivity index (χ0n) is 12.1. The lowest BCUT2D eigenvalue weighted by atomic mass is 9.86. The van der Waals surface area contributed by atoms with E-state index in [4.69, 9.17) is 10.5 Å². The molecule has 2 aromatic heterocycles. The van der Waals surface area contributed by atoms with Gasteiger partial charge in [0, 0.05) is 15.4 Å². The second kappa shape index (κ2) is 4.93. The predicted molar refractivity (Wildman–Crippen MR) is 81.0 cm³/mol. The Bertz CT molecular complexity index is 763. The second-order valence-corrected chi connectivity index (χ2v) is 6.70. The number of fused-ring (bicyclic) bond motifs is 1. The minimum atomic E-state index is -0.200. The standard InChI is InChI=1S/C15H16N4OS/c1-7(2)13-12-11(10-5-4-8(3)21-10)9(6-16)14(17)20-15(12)19-18-13/h4-5,7,11H,17H2,1-3H3,(H,18,19). The lowest BCUT2D eigenvalue weighted by Crippen LogP contribution is -2.21. The van der Waals surface area contributed by atoms with Crippen molar-refractivity contribution in [1.82, 2.24) is 10.2 Å². The maximum Gasteiger partial charge on any atom is 0.244 e. The number of aromatic amines is 1. The summed E-state index contributed by atoms with van der Waals surface area (Å²) >= 11 is 1.66. The molecule has 0 saturated carbocycles. The minimum absolute atomic E-state index is 0.142. The Hall–Kier alpha value is -2.26. The summed E-state index contributed by atoms with van der Waals surface area (Å²) in [7, 11) is 0. The molecule has 5 nitrogen and oxygen atoms in total. The molecule has 3 heterocycles. The van der Waals surface area contributed by atoms with E-state index in [1.165, 1.54) is 4.88 Å². The number of ether oxygens (including phenoxy) is 1. The Labute approximate surface area is 127 Å². The number of allylic oxidation sites excluding steroid dienone is 1. The van der Waals surface area contributed by atoms with Crippen LogP contribution in [0.2, 0.25) is 0 Å². The van der Waals surface area contributed by atoms with Gasteiger partial charge in [-0.3, -0.25) is 5.10 Å². The summed E-state index contributed by atoms with van der Waals surface area (Å²) in [6.07, 6.45) is 0. The summed E-state index contributed by atoms with van der Waals surface area (Å²) in [6.45, 7) is 6.21. The van der Waals surface area contributed by atoms with Crippen molar-refractivity contribution in [1.29, 1.82) is 5.26 Å². The fourth-order valence-electron chi connectivity index (χ4n) is 2.60. The Morgan fingerprint density at radius 3 is 2.81 bits per heavy atom. The molecule has 108 valence electrons.